The monoisotopic (exact) mass is 539 g/mol. The summed E-state index contributed by atoms with van der Waals surface area (Å²) < 4.78 is 38.7. The van der Waals surface area contributed by atoms with Crippen LogP contribution < -0.4 is 10.2 Å². The SMILES string of the molecule is CN(CCCNC(=O)CN1C(=O)C(=Cc2ccc(C(F)(F)F)cc2)Sc2ccccc21)Cc1ccccc1. The van der Waals surface area contributed by atoms with E-state index in [2.05, 4.69) is 22.3 Å². The van der Waals surface area contributed by atoms with Gasteiger partial charge in [-0.05, 0) is 61.5 Å². The van der Waals surface area contributed by atoms with Gasteiger partial charge in [-0.15, -0.1) is 0 Å². The van der Waals surface area contributed by atoms with Crippen molar-refractivity contribution in [1.29, 1.82) is 0 Å². The summed E-state index contributed by atoms with van der Waals surface area (Å²) in [6, 6.07) is 22.0. The van der Waals surface area contributed by atoms with Crippen molar-refractivity contribution in [2.75, 3.05) is 31.6 Å². The van der Waals surface area contributed by atoms with Gasteiger partial charge in [0.05, 0.1) is 16.2 Å². The fraction of sp³-hybridized carbons (Fsp3) is 0.241. The molecule has 0 saturated heterocycles. The summed E-state index contributed by atoms with van der Waals surface area (Å²) in [5.41, 5.74) is 1.57. The molecule has 5 nitrogen and oxygen atoms in total. The molecule has 198 valence electrons. The number of carbonyl (C=O) groups is 2. The molecule has 1 heterocycles. The third-order valence-corrected chi connectivity index (χ3v) is 7.08. The lowest BCUT2D eigenvalue weighted by Gasteiger charge is -2.30. The molecule has 2 amide bonds. The molecule has 3 aromatic carbocycles. The lowest BCUT2D eigenvalue weighted by Crippen LogP contribution is -2.43. The molecule has 38 heavy (non-hydrogen) atoms. The third-order valence-electron chi connectivity index (χ3n) is 6.00. The van der Waals surface area contributed by atoms with Gasteiger partial charge in [-0.3, -0.25) is 14.5 Å². The van der Waals surface area contributed by atoms with Crippen LogP contribution in [0.2, 0.25) is 0 Å². The number of hydrogen-bond acceptors (Lipinski definition) is 4. The van der Waals surface area contributed by atoms with Crippen LogP contribution in [0.5, 0.6) is 0 Å². The zero-order valence-electron chi connectivity index (χ0n) is 20.9. The molecule has 0 fully saturated rings. The predicted octanol–water partition coefficient (Wildman–Crippen LogP) is 5.82. The maximum Gasteiger partial charge on any atom is 0.416 e. The lowest BCUT2D eigenvalue weighted by atomic mass is 10.1. The topological polar surface area (TPSA) is 52.7 Å². The van der Waals surface area contributed by atoms with Gasteiger partial charge >= 0.3 is 6.18 Å². The van der Waals surface area contributed by atoms with Crippen LogP contribution in [0.4, 0.5) is 18.9 Å². The first kappa shape index (κ1) is 27.5. The van der Waals surface area contributed by atoms with Gasteiger partial charge < -0.3 is 10.2 Å². The van der Waals surface area contributed by atoms with Gasteiger partial charge in [0.1, 0.15) is 6.54 Å². The molecule has 0 aliphatic carbocycles. The van der Waals surface area contributed by atoms with E-state index in [9.17, 15) is 22.8 Å². The van der Waals surface area contributed by atoms with Gasteiger partial charge in [-0.1, -0.05) is 66.4 Å². The highest BCUT2D eigenvalue weighted by atomic mass is 32.2. The average Bonchev–Trinajstić information content (AvgIpc) is 2.89. The van der Waals surface area contributed by atoms with Crippen LogP contribution in [0.3, 0.4) is 0 Å². The third kappa shape index (κ3) is 7.26. The number of anilines is 1. The molecule has 3 aromatic rings. The lowest BCUT2D eigenvalue weighted by molar-refractivity contribution is -0.137. The van der Waals surface area contributed by atoms with Crippen molar-refractivity contribution in [2.45, 2.75) is 24.0 Å². The van der Waals surface area contributed by atoms with Crippen molar-refractivity contribution in [2.24, 2.45) is 0 Å². The van der Waals surface area contributed by atoms with Crippen molar-refractivity contribution in [3.05, 3.63) is 100 Å². The fourth-order valence-electron chi connectivity index (χ4n) is 4.09. The number of nitrogens with zero attached hydrogens (tertiary/aromatic N) is 2. The van der Waals surface area contributed by atoms with Crippen LogP contribution in [0.1, 0.15) is 23.1 Å². The minimum atomic E-state index is -4.43. The minimum absolute atomic E-state index is 0.152. The number of halogens is 3. The highest BCUT2D eigenvalue weighted by Crippen LogP contribution is 2.42. The summed E-state index contributed by atoms with van der Waals surface area (Å²) in [6.07, 6.45) is -2.12. The molecule has 0 aromatic heterocycles. The zero-order chi connectivity index (χ0) is 27.1. The summed E-state index contributed by atoms with van der Waals surface area (Å²) in [7, 11) is 2.03. The van der Waals surface area contributed by atoms with E-state index in [4.69, 9.17) is 0 Å². The Balaban J connectivity index is 1.37. The predicted molar refractivity (Wildman–Crippen MR) is 144 cm³/mol. The van der Waals surface area contributed by atoms with E-state index in [1.165, 1.54) is 34.4 Å². The van der Waals surface area contributed by atoms with Crippen molar-refractivity contribution in [1.82, 2.24) is 10.2 Å². The average molecular weight is 540 g/mol. The second-order valence-electron chi connectivity index (χ2n) is 9.02. The van der Waals surface area contributed by atoms with Crippen molar-refractivity contribution >= 4 is 35.3 Å². The standard InChI is InChI=1S/C29H28F3N3O2S/c1-34(19-22-8-3-2-4-9-22)17-7-16-33-27(36)20-35-24-10-5-6-11-25(24)38-26(28(35)37)18-21-12-14-23(15-13-21)29(30,31)32/h2-6,8-15,18H,7,16-17,19-20H2,1H3,(H,33,36). The Morgan fingerprint density at radius 1 is 1.00 bits per heavy atom. The number of alkyl halides is 3. The van der Waals surface area contributed by atoms with E-state index >= 15 is 0 Å². The normalized spacial score (nSPS) is 14.6. The highest BCUT2D eigenvalue weighted by molar-refractivity contribution is 8.04. The smallest absolute Gasteiger partial charge is 0.355 e. The van der Waals surface area contributed by atoms with Gasteiger partial charge in [0.2, 0.25) is 5.91 Å². The molecule has 0 radical (unpaired) electrons. The number of hydrogen-bond donors (Lipinski definition) is 1. The number of thioether (sulfide) groups is 1. The molecule has 0 unspecified atom stereocenters. The molecule has 0 spiro atoms. The van der Waals surface area contributed by atoms with Crippen LogP contribution in [-0.2, 0) is 22.3 Å². The van der Waals surface area contributed by atoms with Gasteiger partial charge in [0, 0.05) is 18.0 Å². The summed E-state index contributed by atoms with van der Waals surface area (Å²) in [4.78, 5) is 30.8. The molecule has 0 bridgehead atoms. The van der Waals surface area contributed by atoms with Crippen molar-refractivity contribution < 1.29 is 22.8 Å². The Morgan fingerprint density at radius 3 is 2.39 bits per heavy atom. The molecule has 1 aliphatic rings. The number of para-hydroxylation sites is 1. The van der Waals surface area contributed by atoms with Crippen LogP contribution in [0, 0.1) is 0 Å². The number of fused-ring (bicyclic) bond motifs is 1. The summed E-state index contributed by atoms with van der Waals surface area (Å²) >= 11 is 1.24. The zero-order valence-corrected chi connectivity index (χ0v) is 21.7. The Morgan fingerprint density at radius 2 is 1.68 bits per heavy atom. The van der Waals surface area contributed by atoms with E-state index in [1.54, 1.807) is 18.2 Å². The van der Waals surface area contributed by atoms with Gasteiger partial charge in [0.25, 0.3) is 5.91 Å². The van der Waals surface area contributed by atoms with E-state index in [1.807, 2.05) is 37.4 Å². The Kier molecular flexibility index (Phi) is 8.91. The number of amides is 2. The molecule has 0 atom stereocenters. The van der Waals surface area contributed by atoms with Gasteiger partial charge in [0.15, 0.2) is 0 Å². The number of nitrogens with one attached hydrogen (secondary N) is 1. The number of carbonyl (C=O) groups excluding carboxylic acids is 2. The van der Waals surface area contributed by atoms with Crippen LogP contribution in [-0.4, -0.2) is 43.4 Å². The molecule has 9 heteroatoms. The van der Waals surface area contributed by atoms with Crippen LogP contribution >= 0.6 is 11.8 Å². The Bertz CT molecular complexity index is 1290. The fourth-order valence-corrected chi connectivity index (χ4v) is 5.15. The molecule has 0 saturated carbocycles. The summed E-state index contributed by atoms with van der Waals surface area (Å²) in [5, 5.41) is 2.89. The number of benzene rings is 3. The molecule has 1 N–H and O–H groups in total. The molecular weight excluding hydrogens is 511 g/mol. The van der Waals surface area contributed by atoms with Gasteiger partial charge in [-0.25, -0.2) is 0 Å². The van der Waals surface area contributed by atoms with Crippen LogP contribution in [0.25, 0.3) is 6.08 Å². The highest BCUT2D eigenvalue weighted by Gasteiger charge is 2.31. The first-order chi connectivity index (χ1) is 18.2. The first-order valence-electron chi connectivity index (χ1n) is 12.2. The molecule has 1 aliphatic heterocycles. The van der Waals surface area contributed by atoms with Gasteiger partial charge in [-0.2, -0.15) is 13.2 Å². The summed E-state index contributed by atoms with van der Waals surface area (Å²) in [6.45, 7) is 1.95. The second-order valence-corrected chi connectivity index (χ2v) is 10.1. The van der Waals surface area contributed by atoms with E-state index in [-0.39, 0.29) is 18.4 Å². The maximum absolute atomic E-state index is 13.3. The second kappa shape index (κ2) is 12.3. The first-order valence-corrected chi connectivity index (χ1v) is 13.0. The van der Waals surface area contributed by atoms with Crippen molar-refractivity contribution in [3.8, 4) is 0 Å². The number of rotatable bonds is 9. The largest absolute Gasteiger partial charge is 0.416 e. The van der Waals surface area contributed by atoms with Crippen LogP contribution in [0.15, 0.2) is 88.7 Å². The van der Waals surface area contributed by atoms with E-state index in [0.717, 1.165) is 36.5 Å². The minimum Gasteiger partial charge on any atom is -0.355 e. The van der Waals surface area contributed by atoms with E-state index < -0.39 is 11.7 Å². The molecular formula is C29H28F3N3O2S. The summed E-state index contributed by atoms with van der Waals surface area (Å²) in [5.74, 6) is -0.647. The van der Waals surface area contributed by atoms with Crippen molar-refractivity contribution in [3.63, 3.8) is 0 Å². The Hall–Kier alpha value is -3.56. The Labute approximate surface area is 224 Å². The van der Waals surface area contributed by atoms with E-state index in [0.29, 0.717) is 22.7 Å². The maximum atomic E-state index is 13.3. The molecule has 4 rings (SSSR count). The quantitative estimate of drug-likeness (QED) is 0.275.